The lowest BCUT2D eigenvalue weighted by atomic mass is 9.99. The second-order valence-electron chi connectivity index (χ2n) is 6.11. The van der Waals surface area contributed by atoms with Gasteiger partial charge in [0.2, 0.25) is 0 Å². The zero-order chi connectivity index (χ0) is 12.9. The summed E-state index contributed by atoms with van der Waals surface area (Å²) < 4.78 is 5.66. The Kier molecular flexibility index (Phi) is 5.90. The largest absolute Gasteiger partial charge is 0.380 e. The molecule has 0 bridgehead atoms. The Bertz CT molecular complexity index is 216. The summed E-state index contributed by atoms with van der Waals surface area (Å²) in [5.74, 6) is 0.649. The van der Waals surface area contributed by atoms with Crippen molar-refractivity contribution in [2.75, 3.05) is 32.8 Å². The minimum absolute atomic E-state index is 0.218. The van der Waals surface area contributed by atoms with E-state index in [-0.39, 0.29) is 5.54 Å². The minimum Gasteiger partial charge on any atom is -0.380 e. The van der Waals surface area contributed by atoms with Gasteiger partial charge in [0.05, 0.1) is 6.61 Å². The Balaban J connectivity index is 2.64. The van der Waals surface area contributed by atoms with Crippen LogP contribution in [0.3, 0.4) is 0 Å². The second kappa shape index (κ2) is 6.72. The fourth-order valence-electron chi connectivity index (χ4n) is 2.59. The van der Waals surface area contributed by atoms with E-state index >= 15 is 0 Å². The van der Waals surface area contributed by atoms with Crippen molar-refractivity contribution in [2.45, 2.75) is 52.6 Å². The van der Waals surface area contributed by atoms with E-state index in [1.165, 1.54) is 13.0 Å². The number of hydrogen-bond donors (Lipinski definition) is 1. The molecule has 17 heavy (non-hydrogen) atoms. The van der Waals surface area contributed by atoms with Crippen molar-refractivity contribution in [3.05, 3.63) is 0 Å². The van der Waals surface area contributed by atoms with Crippen LogP contribution in [0, 0.1) is 5.92 Å². The van der Waals surface area contributed by atoms with E-state index in [0.29, 0.717) is 12.0 Å². The van der Waals surface area contributed by atoms with Gasteiger partial charge in [0.15, 0.2) is 0 Å². The second-order valence-corrected chi connectivity index (χ2v) is 6.11. The molecule has 1 rings (SSSR count). The molecule has 3 heteroatoms. The van der Waals surface area contributed by atoms with Gasteiger partial charge in [-0.3, -0.25) is 4.90 Å². The Morgan fingerprint density at radius 1 is 1.35 bits per heavy atom. The molecule has 1 aliphatic heterocycles. The van der Waals surface area contributed by atoms with Crippen LogP contribution in [0.2, 0.25) is 0 Å². The highest BCUT2D eigenvalue weighted by atomic mass is 16.5. The average Bonchev–Trinajstić information content (AvgIpc) is 2.39. The van der Waals surface area contributed by atoms with Gasteiger partial charge in [-0.2, -0.15) is 0 Å². The molecular formula is C14H30N2O. The predicted molar refractivity (Wildman–Crippen MR) is 73.4 cm³/mol. The molecule has 0 aromatic rings. The Labute approximate surface area is 107 Å². The van der Waals surface area contributed by atoms with Crippen LogP contribution in [0.25, 0.3) is 0 Å². The van der Waals surface area contributed by atoms with Crippen molar-refractivity contribution >= 4 is 0 Å². The zero-order valence-electron chi connectivity index (χ0n) is 12.3. The summed E-state index contributed by atoms with van der Waals surface area (Å²) in [6, 6.07) is 0.550. The van der Waals surface area contributed by atoms with Gasteiger partial charge in [0.1, 0.15) is 0 Å². The quantitative estimate of drug-likeness (QED) is 0.799. The summed E-state index contributed by atoms with van der Waals surface area (Å²) in [7, 11) is 0. The molecule has 1 aliphatic rings. The van der Waals surface area contributed by atoms with E-state index in [9.17, 15) is 0 Å². The normalized spacial score (nSPS) is 23.6. The predicted octanol–water partition coefficient (Wildman–Crippen LogP) is 2.12. The number of hydrogen-bond acceptors (Lipinski definition) is 3. The average molecular weight is 242 g/mol. The van der Waals surface area contributed by atoms with Gasteiger partial charge >= 0.3 is 0 Å². The molecule has 1 fully saturated rings. The summed E-state index contributed by atoms with van der Waals surface area (Å²) in [5, 5.41) is 3.62. The molecule has 102 valence electrons. The van der Waals surface area contributed by atoms with E-state index in [2.05, 4.69) is 44.8 Å². The molecule has 0 spiro atoms. The molecule has 0 radical (unpaired) electrons. The van der Waals surface area contributed by atoms with Crippen LogP contribution < -0.4 is 5.32 Å². The Morgan fingerprint density at radius 2 is 2.06 bits per heavy atom. The van der Waals surface area contributed by atoms with Crippen LogP contribution in [0.4, 0.5) is 0 Å². The first-order chi connectivity index (χ1) is 7.96. The molecule has 3 nitrogen and oxygen atoms in total. The number of rotatable bonds is 5. The third-order valence-corrected chi connectivity index (χ3v) is 3.56. The highest BCUT2D eigenvalue weighted by Crippen LogP contribution is 2.18. The number of nitrogens with one attached hydrogen (secondary N) is 1. The van der Waals surface area contributed by atoms with Crippen molar-refractivity contribution in [2.24, 2.45) is 5.92 Å². The van der Waals surface area contributed by atoms with Crippen molar-refractivity contribution < 1.29 is 4.74 Å². The Morgan fingerprint density at radius 3 is 2.65 bits per heavy atom. The third-order valence-electron chi connectivity index (χ3n) is 3.56. The maximum atomic E-state index is 5.66. The third kappa shape index (κ3) is 4.94. The SMILES string of the molecule is CCOCC(C(C)C)N1CCCNC(C)(C)C1. The molecule has 0 aromatic heterocycles. The lowest BCUT2D eigenvalue weighted by Crippen LogP contribution is -2.51. The standard InChI is InChI=1S/C14H30N2O/c1-6-17-10-13(12(2)3)16-9-7-8-15-14(4,5)11-16/h12-13,15H,6-11H2,1-5H3. The van der Waals surface area contributed by atoms with Crippen LogP contribution in [-0.4, -0.2) is 49.3 Å². The first kappa shape index (κ1) is 14.9. The van der Waals surface area contributed by atoms with E-state index in [1.807, 2.05) is 0 Å². The van der Waals surface area contributed by atoms with Crippen LogP contribution in [0.1, 0.15) is 41.0 Å². The summed E-state index contributed by atoms with van der Waals surface area (Å²) in [6.07, 6.45) is 1.23. The van der Waals surface area contributed by atoms with Gasteiger partial charge in [-0.15, -0.1) is 0 Å². The fraction of sp³-hybridized carbons (Fsp3) is 1.00. The van der Waals surface area contributed by atoms with Gasteiger partial charge in [-0.25, -0.2) is 0 Å². The maximum Gasteiger partial charge on any atom is 0.0624 e. The molecule has 1 atom stereocenters. The molecule has 1 N–H and O–H groups in total. The highest BCUT2D eigenvalue weighted by molar-refractivity contribution is 4.88. The van der Waals surface area contributed by atoms with E-state index in [0.717, 1.165) is 26.3 Å². The summed E-state index contributed by atoms with van der Waals surface area (Å²) in [6.45, 7) is 16.4. The maximum absolute atomic E-state index is 5.66. The van der Waals surface area contributed by atoms with Crippen LogP contribution in [0.15, 0.2) is 0 Å². The number of nitrogens with zero attached hydrogens (tertiary/aromatic N) is 1. The first-order valence-corrected chi connectivity index (χ1v) is 7.03. The first-order valence-electron chi connectivity index (χ1n) is 7.03. The van der Waals surface area contributed by atoms with Gasteiger partial charge < -0.3 is 10.1 Å². The molecular weight excluding hydrogens is 212 g/mol. The van der Waals surface area contributed by atoms with Gasteiger partial charge in [0, 0.05) is 24.7 Å². The topological polar surface area (TPSA) is 24.5 Å². The molecule has 0 saturated carbocycles. The summed E-state index contributed by atoms with van der Waals surface area (Å²) >= 11 is 0. The zero-order valence-corrected chi connectivity index (χ0v) is 12.3. The van der Waals surface area contributed by atoms with Crippen LogP contribution in [-0.2, 0) is 4.74 Å². The van der Waals surface area contributed by atoms with Gasteiger partial charge in [0.25, 0.3) is 0 Å². The molecule has 1 heterocycles. The van der Waals surface area contributed by atoms with Crippen molar-refractivity contribution in [3.8, 4) is 0 Å². The lowest BCUT2D eigenvalue weighted by Gasteiger charge is -2.37. The fourth-order valence-corrected chi connectivity index (χ4v) is 2.59. The van der Waals surface area contributed by atoms with Gasteiger partial charge in [-0.05, 0) is 46.2 Å². The van der Waals surface area contributed by atoms with Crippen molar-refractivity contribution in [3.63, 3.8) is 0 Å². The monoisotopic (exact) mass is 242 g/mol. The van der Waals surface area contributed by atoms with E-state index < -0.39 is 0 Å². The van der Waals surface area contributed by atoms with Crippen LogP contribution >= 0.6 is 0 Å². The number of ether oxygens (including phenoxy) is 1. The highest BCUT2D eigenvalue weighted by Gasteiger charge is 2.29. The molecule has 0 aliphatic carbocycles. The van der Waals surface area contributed by atoms with E-state index in [1.54, 1.807) is 0 Å². The van der Waals surface area contributed by atoms with Crippen LogP contribution in [0.5, 0.6) is 0 Å². The van der Waals surface area contributed by atoms with E-state index in [4.69, 9.17) is 4.74 Å². The van der Waals surface area contributed by atoms with Crippen molar-refractivity contribution in [1.82, 2.24) is 10.2 Å². The molecule has 1 saturated heterocycles. The molecule has 0 amide bonds. The molecule has 0 aromatic carbocycles. The smallest absolute Gasteiger partial charge is 0.0624 e. The molecule has 1 unspecified atom stereocenters. The summed E-state index contributed by atoms with van der Waals surface area (Å²) in [4.78, 5) is 2.61. The van der Waals surface area contributed by atoms with Crippen molar-refractivity contribution in [1.29, 1.82) is 0 Å². The lowest BCUT2D eigenvalue weighted by molar-refractivity contribution is 0.0379. The summed E-state index contributed by atoms with van der Waals surface area (Å²) in [5.41, 5.74) is 0.218. The Hall–Kier alpha value is -0.120. The van der Waals surface area contributed by atoms with Gasteiger partial charge in [-0.1, -0.05) is 13.8 Å². The minimum atomic E-state index is 0.218.